The van der Waals surface area contributed by atoms with Crippen LogP contribution in [0, 0.1) is 5.82 Å². The van der Waals surface area contributed by atoms with Crippen molar-refractivity contribution < 1.29 is 13.9 Å². The fraction of sp³-hybridized carbons (Fsp3) is 0.250. The molecule has 0 amide bonds. The molecular weight excluding hydrogens is 445 g/mol. The van der Waals surface area contributed by atoms with E-state index >= 15 is 0 Å². The molecule has 2 aromatic heterocycles. The van der Waals surface area contributed by atoms with Gasteiger partial charge in [0.15, 0.2) is 11.5 Å². The highest BCUT2D eigenvalue weighted by Gasteiger charge is 2.12. The maximum absolute atomic E-state index is 13.1. The summed E-state index contributed by atoms with van der Waals surface area (Å²) in [5, 5.41) is 4.23. The lowest BCUT2D eigenvalue weighted by atomic mass is 10.1. The Morgan fingerprint density at radius 3 is 2.58 bits per heavy atom. The summed E-state index contributed by atoms with van der Waals surface area (Å²) in [6, 6.07) is 11.2. The Kier molecular flexibility index (Phi) is 6.79. The highest BCUT2D eigenvalue weighted by atomic mass is 32.1. The van der Waals surface area contributed by atoms with Crippen LogP contribution in [0.25, 0.3) is 11.0 Å². The standard InChI is InChI=1S/C24H22FN3O4S/c1-3-11-32-19-10-7-16(13-20(19)31-4-2)14-21-23(30)28-24(33-21)26-22(29)18(27-28)12-15-5-8-17(25)9-6-15/h5-10,13-14H,3-4,11-12H2,1-2H3/b21-14-. The Morgan fingerprint density at radius 2 is 1.85 bits per heavy atom. The smallest absolute Gasteiger partial charge is 0.296 e. The van der Waals surface area contributed by atoms with Gasteiger partial charge in [-0.3, -0.25) is 9.59 Å². The largest absolute Gasteiger partial charge is 0.490 e. The first-order valence-electron chi connectivity index (χ1n) is 10.6. The van der Waals surface area contributed by atoms with E-state index in [2.05, 4.69) is 10.1 Å². The van der Waals surface area contributed by atoms with Crippen molar-refractivity contribution >= 4 is 22.4 Å². The van der Waals surface area contributed by atoms with E-state index < -0.39 is 5.56 Å². The molecular formula is C24H22FN3O4S. The number of hydrogen-bond donors (Lipinski definition) is 0. The lowest BCUT2D eigenvalue weighted by molar-refractivity contribution is 0.277. The minimum atomic E-state index is -0.511. The number of aromatic nitrogens is 3. The van der Waals surface area contributed by atoms with Gasteiger partial charge in [-0.15, -0.1) is 0 Å². The molecule has 0 unspecified atom stereocenters. The highest BCUT2D eigenvalue weighted by molar-refractivity contribution is 7.15. The lowest BCUT2D eigenvalue weighted by Crippen LogP contribution is -2.28. The number of nitrogens with zero attached hydrogens (tertiary/aromatic N) is 3. The molecule has 0 radical (unpaired) electrons. The second kappa shape index (κ2) is 9.91. The van der Waals surface area contributed by atoms with Gasteiger partial charge in [-0.2, -0.15) is 14.6 Å². The molecule has 4 aromatic rings. The fourth-order valence-corrected chi connectivity index (χ4v) is 4.12. The Morgan fingerprint density at radius 1 is 1.06 bits per heavy atom. The predicted molar refractivity (Wildman–Crippen MR) is 125 cm³/mol. The van der Waals surface area contributed by atoms with Gasteiger partial charge in [-0.1, -0.05) is 36.5 Å². The van der Waals surface area contributed by atoms with Gasteiger partial charge in [-0.25, -0.2) is 4.39 Å². The van der Waals surface area contributed by atoms with E-state index in [0.717, 1.165) is 27.8 Å². The van der Waals surface area contributed by atoms with E-state index in [1.54, 1.807) is 18.2 Å². The van der Waals surface area contributed by atoms with Crippen LogP contribution < -0.4 is 25.1 Å². The van der Waals surface area contributed by atoms with Gasteiger partial charge in [0, 0.05) is 6.42 Å². The summed E-state index contributed by atoms with van der Waals surface area (Å²) >= 11 is 1.09. The van der Waals surface area contributed by atoms with Crippen molar-refractivity contribution in [3.63, 3.8) is 0 Å². The maximum atomic E-state index is 13.1. The number of benzene rings is 2. The number of rotatable bonds is 8. The quantitative estimate of drug-likeness (QED) is 0.396. The molecule has 170 valence electrons. The molecule has 0 saturated heterocycles. The zero-order chi connectivity index (χ0) is 23.4. The Labute approximate surface area is 192 Å². The molecule has 0 aliphatic carbocycles. The molecule has 0 aliphatic rings. The number of fused-ring (bicyclic) bond motifs is 1. The molecule has 2 heterocycles. The van der Waals surface area contributed by atoms with Crippen molar-refractivity contribution in [3.05, 3.63) is 90.3 Å². The summed E-state index contributed by atoms with van der Waals surface area (Å²) in [5.41, 5.74) is 0.693. The van der Waals surface area contributed by atoms with Gasteiger partial charge >= 0.3 is 0 Å². The molecule has 0 bridgehead atoms. The summed E-state index contributed by atoms with van der Waals surface area (Å²) in [5.74, 6) is 0.878. The minimum Gasteiger partial charge on any atom is -0.490 e. The first kappa shape index (κ1) is 22.6. The van der Waals surface area contributed by atoms with Crippen LogP contribution in [0.2, 0.25) is 0 Å². The highest BCUT2D eigenvalue weighted by Crippen LogP contribution is 2.29. The second-order valence-corrected chi connectivity index (χ2v) is 8.27. The van der Waals surface area contributed by atoms with Crippen LogP contribution in [0.4, 0.5) is 4.39 Å². The van der Waals surface area contributed by atoms with Crippen molar-refractivity contribution in [2.75, 3.05) is 13.2 Å². The Balaban J connectivity index is 1.72. The third-order valence-corrected chi connectivity index (χ3v) is 5.72. The third kappa shape index (κ3) is 5.09. The topological polar surface area (TPSA) is 82.8 Å². The van der Waals surface area contributed by atoms with E-state index in [1.165, 1.54) is 12.1 Å². The molecule has 9 heteroatoms. The van der Waals surface area contributed by atoms with E-state index in [1.807, 2.05) is 32.0 Å². The minimum absolute atomic E-state index is 0.122. The van der Waals surface area contributed by atoms with Crippen LogP contribution in [-0.4, -0.2) is 27.8 Å². The number of halogens is 1. The van der Waals surface area contributed by atoms with Gasteiger partial charge in [0.25, 0.3) is 11.1 Å². The molecule has 0 atom stereocenters. The van der Waals surface area contributed by atoms with Gasteiger partial charge < -0.3 is 9.47 Å². The van der Waals surface area contributed by atoms with E-state index in [-0.39, 0.29) is 28.5 Å². The van der Waals surface area contributed by atoms with E-state index in [9.17, 15) is 14.0 Å². The van der Waals surface area contributed by atoms with Crippen LogP contribution in [0.15, 0.2) is 52.1 Å². The van der Waals surface area contributed by atoms with Crippen LogP contribution in [-0.2, 0) is 6.42 Å². The van der Waals surface area contributed by atoms with Gasteiger partial charge in [-0.05, 0) is 54.8 Å². The Bertz CT molecular complexity index is 1450. The summed E-state index contributed by atoms with van der Waals surface area (Å²) in [4.78, 5) is 29.6. The molecule has 0 N–H and O–H groups in total. The first-order chi connectivity index (χ1) is 16.0. The molecule has 0 aliphatic heterocycles. The molecule has 2 aromatic carbocycles. The monoisotopic (exact) mass is 467 g/mol. The first-order valence-corrected chi connectivity index (χ1v) is 11.4. The number of ether oxygens (including phenoxy) is 2. The maximum Gasteiger partial charge on any atom is 0.296 e. The van der Waals surface area contributed by atoms with E-state index in [0.29, 0.717) is 34.8 Å². The van der Waals surface area contributed by atoms with Crippen LogP contribution >= 0.6 is 11.3 Å². The number of thiazole rings is 1. The third-order valence-electron chi connectivity index (χ3n) is 4.76. The van der Waals surface area contributed by atoms with E-state index in [4.69, 9.17) is 9.47 Å². The van der Waals surface area contributed by atoms with Gasteiger partial charge in [0.2, 0.25) is 4.96 Å². The summed E-state index contributed by atoms with van der Waals surface area (Å²) in [6.07, 6.45) is 2.74. The van der Waals surface area contributed by atoms with Crippen LogP contribution in [0.5, 0.6) is 11.5 Å². The Hall–Kier alpha value is -3.59. The van der Waals surface area contributed by atoms with Crippen molar-refractivity contribution in [1.82, 2.24) is 14.6 Å². The lowest BCUT2D eigenvalue weighted by Gasteiger charge is -2.11. The predicted octanol–water partition coefficient (Wildman–Crippen LogP) is 2.98. The number of hydrogen-bond acceptors (Lipinski definition) is 7. The van der Waals surface area contributed by atoms with Gasteiger partial charge in [0.1, 0.15) is 11.5 Å². The molecule has 0 fully saturated rings. The summed E-state index contributed by atoms with van der Waals surface area (Å²) in [6.45, 7) is 4.97. The van der Waals surface area contributed by atoms with Crippen molar-refractivity contribution in [2.24, 2.45) is 0 Å². The average Bonchev–Trinajstić information content (AvgIpc) is 3.09. The normalized spacial score (nSPS) is 11.8. The summed E-state index contributed by atoms with van der Waals surface area (Å²) < 4.78 is 26.1. The SMILES string of the molecule is CCCOc1ccc(/C=c2\sc3nc(=O)c(Cc4ccc(F)cc4)nn3c2=O)cc1OCC. The van der Waals surface area contributed by atoms with Crippen LogP contribution in [0.3, 0.4) is 0 Å². The molecule has 33 heavy (non-hydrogen) atoms. The van der Waals surface area contributed by atoms with Gasteiger partial charge in [0.05, 0.1) is 17.7 Å². The van der Waals surface area contributed by atoms with Crippen molar-refractivity contribution in [3.8, 4) is 11.5 Å². The second-order valence-electron chi connectivity index (χ2n) is 7.26. The zero-order valence-corrected chi connectivity index (χ0v) is 19.0. The van der Waals surface area contributed by atoms with Crippen molar-refractivity contribution in [2.45, 2.75) is 26.7 Å². The fourth-order valence-electron chi connectivity index (χ4n) is 3.21. The van der Waals surface area contributed by atoms with Crippen LogP contribution in [0.1, 0.15) is 37.1 Å². The average molecular weight is 468 g/mol. The summed E-state index contributed by atoms with van der Waals surface area (Å²) in [7, 11) is 0. The zero-order valence-electron chi connectivity index (χ0n) is 18.2. The van der Waals surface area contributed by atoms with Crippen molar-refractivity contribution in [1.29, 1.82) is 0 Å². The molecule has 0 spiro atoms. The molecule has 0 saturated carbocycles. The molecule has 4 rings (SSSR count). The molecule has 7 nitrogen and oxygen atoms in total.